The Hall–Kier alpha value is 0.160. The van der Waals surface area contributed by atoms with Crippen LogP contribution in [0.5, 0.6) is 0 Å². The predicted molar refractivity (Wildman–Crippen MR) is 32.5 cm³/mol. The van der Waals surface area contributed by atoms with Crippen LogP contribution in [0.15, 0.2) is 0 Å². The van der Waals surface area contributed by atoms with Crippen LogP contribution >= 0.6 is 22.6 Å². The Morgan fingerprint density at radius 2 is 2.29 bits per heavy atom. The van der Waals surface area contributed by atoms with E-state index in [1.54, 1.807) is 22.6 Å². The molecule has 0 aromatic carbocycles. The lowest BCUT2D eigenvalue weighted by Crippen LogP contribution is -2.20. The van der Waals surface area contributed by atoms with E-state index in [1.165, 1.54) is 0 Å². The molecule has 0 saturated carbocycles. The highest BCUT2D eigenvalue weighted by molar-refractivity contribution is 14.1. The molecule has 0 aliphatic carbocycles. The van der Waals surface area contributed by atoms with Crippen molar-refractivity contribution in [3.05, 3.63) is 0 Å². The number of hydrogen-bond donors (Lipinski definition) is 2. The molecular formula is C3H5IO3. The van der Waals surface area contributed by atoms with Crippen LogP contribution in [0.2, 0.25) is 0 Å². The molecule has 42 valence electrons. The average Bonchev–Trinajstić information content (AvgIpc) is 1.65. The number of hydrogen-bond acceptors (Lipinski definition) is 2. The monoisotopic (exact) mass is 216 g/mol. The summed E-state index contributed by atoms with van der Waals surface area (Å²) in [7, 11) is 0. The number of carbonyl (C=O) groups is 1. The lowest BCUT2D eigenvalue weighted by atomic mass is 10.4. The molecule has 0 saturated heterocycles. The van der Waals surface area contributed by atoms with E-state index in [0.717, 1.165) is 0 Å². The first-order valence-corrected chi connectivity index (χ1v) is 3.18. The van der Waals surface area contributed by atoms with Crippen molar-refractivity contribution < 1.29 is 15.0 Å². The van der Waals surface area contributed by atoms with Crippen molar-refractivity contribution in [2.45, 2.75) is 6.10 Å². The fraction of sp³-hybridized carbons (Fsp3) is 0.667. The highest BCUT2D eigenvalue weighted by Gasteiger charge is 2.08. The van der Waals surface area contributed by atoms with Crippen LogP contribution in [0, 0.1) is 0 Å². The van der Waals surface area contributed by atoms with Crippen LogP contribution in [-0.2, 0) is 4.79 Å². The second kappa shape index (κ2) is 3.20. The summed E-state index contributed by atoms with van der Waals surface area (Å²) in [5.41, 5.74) is 0. The second-order valence-corrected chi connectivity index (χ2v) is 1.89. The van der Waals surface area contributed by atoms with Gasteiger partial charge in [0.15, 0.2) is 6.10 Å². The van der Waals surface area contributed by atoms with Gasteiger partial charge in [-0.15, -0.1) is 0 Å². The molecule has 0 radical (unpaired) electrons. The SMILES string of the molecule is O=C(O)C(O)CI. The van der Waals surface area contributed by atoms with Crippen LogP contribution in [0.1, 0.15) is 0 Å². The minimum Gasteiger partial charge on any atom is -0.479 e. The van der Waals surface area contributed by atoms with Crippen LogP contribution in [0.25, 0.3) is 0 Å². The number of halogens is 1. The zero-order valence-electron chi connectivity index (χ0n) is 3.47. The first kappa shape index (κ1) is 7.16. The summed E-state index contributed by atoms with van der Waals surface area (Å²) in [6.07, 6.45) is -1.19. The van der Waals surface area contributed by atoms with Gasteiger partial charge >= 0.3 is 5.97 Å². The normalized spacial score (nSPS) is 13.4. The molecule has 0 aromatic heterocycles. The summed E-state index contributed by atoms with van der Waals surface area (Å²) in [5, 5.41) is 16.3. The van der Waals surface area contributed by atoms with Gasteiger partial charge in [-0.05, 0) is 0 Å². The van der Waals surface area contributed by atoms with Gasteiger partial charge in [-0.1, -0.05) is 22.6 Å². The molecule has 0 fully saturated rings. The lowest BCUT2D eigenvalue weighted by Gasteiger charge is -1.94. The molecule has 1 unspecified atom stereocenters. The van der Waals surface area contributed by atoms with Crippen LogP contribution < -0.4 is 0 Å². The molecule has 2 N–H and O–H groups in total. The maximum absolute atomic E-state index is 9.68. The maximum Gasteiger partial charge on any atom is 0.333 e. The highest BCUT2D eigenvalue weighted by Crippen LogP contribution is 1.88. The van der Waals surface area contributed by atoms with Gasteiger partial charge in [0.1, 0.15) is 0 Å². The molecule has 0 aliphatic heterocycles. The third-order valence-electron chi connectivity index (χ3n) is 0.431. The topological polar surface area (TPSA) is 57.5 Å². The summed E-state index contributed by atoms with van der Waals surface area (Å²) >= 11 is 1.80. The Bertz CT molecular complexity index is 72.6. The Kier molecular flexibility index (Phi) is 3.27. The van der Waals surface area contributed by atoms with Gasteiger partial charge < -0.3 is 10.2 Å². The third kappa shape index (κ3) is 2.81. The number of carboxylic acid groups (broad SMARTS) is 1. The molecule has 0 aliphatic rings. The average molecular weight is 216 g/mol. The van der Waals surface area contributed by atoms with E-state index in [2.05, 4.69) is 0 Å². The molecule has 0 bridgehead atoms. The van der Waals surface area contributed by atoms with E-state index >= 15 is 0 Å². The minimum absolute atomic E-state index is 0.243. The van der Waals surface area contributed by atoms with E-state index in [9.17, 15) is 4.79 Å². The van der Waals surface area contributed by atoms with Crippen molar-refractivity contribution in [1.29, 1.82) is 0 Å². The van der Waals surface area contributed by atoms with Gasteiger partial charge in [-0.2, -0.15) is 0 Å². The number of rotatable bonds is 2. The molecule has 0 rings (SSSR count). The van der Waals surface area contributed by atoms with Crippen molar-refractivity contribution in [1.82, 2.24) is 0 Å². The quantitative estimate of drug-likeness (QED) is 0.499. The third-order valence-corrected chi connectivity index (χ3v) is 1.27. The fourth-order valence-corrected chi connectivity index (χ4v) is 0.443. The number of aliphatic carboxylic acids is 1. The molecule has 0 heterocycles. The maximum atomic E-state index is 9.68. The van der Waals surface area contributed by atoms with Gasteiger partial charge in [0.05, 0.1) is 0 Å². The molecule has 3 nitrogen and oxygen atoms in total. The summed E-state index contributed by atoms with van der Waals surface area (Å²) in [6.45, 7) is 0. The van der Waals surface area contributed by atoms with E-state index in [1.807, 2.05) is 0 Å². The van der Waals surface area contributed by atoms with E-state index in [0.29, 0.717) is 0 Å². The molecular weight excluding hydrogens is 211 g/mol. The Morgan fingerprint density at radius 3 is 2.29 bits per heavy atom. The van der Waals surface area contributed by atoms with Crippen molar-refractivity contribution in [2.75, 3.05) is 4.43 Å². The summed E-state index contributed by atoms with van der Waals surface area (Å²) < 4.78 is 0.243. The first-order chi connectivity index (χ1) is 3.18. The molecule has 7 heavy (non-hydrogen) atoms. The summed E-state index contributed by atoms with van der Waals surface area (Å²) in [5.74, 6) is -1.16. The van der Waals surface area contributed by atoms with Gasteiger partial charge in [0.25, 0.3) is 0 Å². The molecule has 1 atom stereocenters. The molecule has 0 aromatic rings. The van der Waals surface area contributed by atoms with E-state index < -0.39 is 12.1 Å². The van der Waals surface area contributed by atoms with Crippen molar-refractivity contribution in [2.24, 2.45) is 0 Å². The zero-order chi connectivity index (χ0) is 5.86. The Balaban J connectivity index is 3.34. The van der Waals surface area contributed by atoms with Gasteiger partial charge in [-0.3, -0.25) is 0 Å². The highest BCUT2D eigenvalue weighted by atomic mass is 127. The van der Waals surface area contributed by atoms with Crippen molar-refractivity contribution in [3.8, 4) is 0 Å². The molecule has 0 spiro atoms. The molecule has 4 heteroatoms. The first-order valence-electron chi connectivity index (χ1n) is 1.65. The van der Waals surface area contributed by atoms with Crippen molar-refractivity contribution >= 4 is 28.6 Å². The number of carboxylic acids is 1. The Labute approximate surface area is 54.5 Å². The van der Waals surface area contributed by atoms with Gasteiger partial charge in [0, 0.05) is 4.43 Å². The van der Waals surface area contributed by atoms with Crippen LogP contribution in [-0.4, -0.2) is 26.7 Å². The summed E-state index contributed by atoms with van der Waals surface area (Å²) in [6, 6.07) is 0. The smallest absolute Gasteiger partial charge is 0.333 e. The number of aliphatic hydroxyl groups excluding tert-OH is 1. The van der Waals surface area contributed by atoms with Gasteiger partial charge in [0.2, 0.25) is 0 Å². The van der Waals surface area contributed by atoms with E-state index in [4.69, 9.17) is 10.2 Å². The number of alkyl halides is 1. The van der Waals surface area contributed by atoms with Crippen molar-refractivity contribution in [3.63, 3.8) is 0 Å². The predicted octanol–water partition coefficient (Wildman–Crippen LogP) is -0.133. The Morgan fingerprint density at radius 1 is 1.86 bits per heavy atom. The minimum atomic E-state index is -1.19. The summed E-state index contributed by atoms with van der Waals surface area (Å²) in [4.78, 5) is 9.68. The zero-order valence-corrected chi connectivity index (χ0v) is 5.62. The van der Waals surface area contributed by atoms with E-state index in [-0.39, 0.29) is 4.43 Å². The second-order valence-electron chi connectivity index (χ2n) is 1.01. The number of aliphatic hydroxyl groups is 1. The lowest BCUT2D eigenvalue weighted by molar-refractivity contribution is -0.145. The van der Waals surface area contributed by atoms with Crippen LogP contribution in [0.3, 0.4) is 0 Å². The fourth-order valence-electron chi connectivity index (χ4n) is 0.0660. The standard InChI is InChI=1S/C3H5IO3/c4-1-2(5)3(6)7/h2,5H,1H2,(H,6,7). The molecule has 0 amide bonds. The van der Waals surface area contributed by atoms with Crippen LogP contribution in [0.4, 0.5) is 0 Å². The largest absolute Gasteiger partial charge is 0.479 e. The van der Waals surface area contributed by atoms with Gasteiger partial charge in [-0.25, -0.2) is 4.79 Å².